The Labute approximate surface area is 171 Å². The number of ether oxygens (including phenoxy) is 1. The highest BCUT2D eigenvalue weighted by Crippen LogP contribution is 2.13. The van der Waals surface area contributed by atoms with E-state index in [0.717, 1.165) is 28.5 Å². The summed E-state index contributed by atoms with van der Waals surface area (Å²) in [6.45, 7) is 5.88. The van der Waals surface area contributed by atoms with Crippen molar-refractivity contribution in [2.75, 3.05) is 7.05 Å². The van der Waals surface area contributed by atoms with Gasteiger partial charge in [0.2, 0.25) is 5.88 Å². The van der Waals surface area contributed by atoms with Crippen molar-refractivity contribution in [3.8, 4) is 5.88 Å². The highest BCUT2D eigenvalue weighted by Gasteiger charge is 2.10. The maximum atomic E-state index is 5.81. The number of benzene rings is 1. The van der Waals surface area contributed by atoms with E-state index < -0.39 is 0 Å². The molecule has 0 spiro atoms. The fourth-order valence-corrected chi connectivity index (χ4v) is 3.02. The summed E-state index contributed by atoms with van der Waals surface area (Å²) in [5.41, 5.74) is 5.56. The Hall–Kier alpha value is -3.35. The summed E-state index contributed by atoms with van der Waals surface area (Å²) in [5.74, 6) is 1.34. The molecule has 0 aliphatic carbocycles. The topological polar surface area (TPSA) is 76.4 Å². The molecule has 7 nitrogen and oxygen atoms in total. The van der Waals surface area contributed by atoms with E-state index in [1.54, 1.807) is 13.2 Å². The maximum absolute atomic E-state index is 5.81. The number of hydrogen-bond acceptors (Lipinski definition) is 4. The average molecular weight is 393 g/mol. The van der Waals surface area contributed by atoms with Crippen molar-refractivity contribution >= 4 is 5.96 Å². The van der Waals surface area contributed by atoms with Crippen LogP contribution in [0, 0.1) is 13.8 Å². The van der Waals surface area contributed by atoms with Gasteiger partial charge in [-0.2, -0.15) is 5.10 Å². The molecule has 0 bridgehead atoms. The monoisotopic (exact) mass is 392 g/mol. The van der Waals surface area contributed by atoms with Gasteiger partial charge in [-0.15, -0.1) is 0 Å². The van der Waals surface area contributed by atoms with Gasteiger partial charge in [-0.3, -0.25) is 9.67 Å². The number of rotatable bonds is 7. The number of nitrogens with zero attached hydrogens (tertiary/aromatic N) is 4. The summed E-state index contributed by atoms with van der Waals surface area (Å²) < 4.78 is 7.71. The normalized spacial score (nSPS) is 11.4. The quantitative estimate of drug-likeness (QED) is 0.478. The molecule has 152 valence electrons. The summed E-state index contributed by atoms with van der Waals surface area (Å²) >= 11 is 0. The van der Waals surface area contributed by atoms with E-state index in [9.17, 15) is 0 Å². The fraction of sp³-hybridized carbons (Fsp3) is 0.318. The van der Waals surface area contributed by atoms with Gasteiger partial charge in [-0.25, -0.2) is 4.98 Å². The zero-order chi connectivity index (χ0) is 20.6. The molecule has 0 aliphatic heterocycles. The van der Waals surface area contributed by atoms with Gasteiger partial charge in [0.1, 0.15) is 6.61 Å². The fourth-order valence-electron chi connectivity index (χ4n) is 3.02. The lowest BCUT2D eigenvalue weighted by atomic mass is 10.2. The summed E-state index contributed by atoms with van der Waals surface area (Å²) in [6, 6.07) is 14.0. The summed E-state index contributed by atoms with van der Waals surface area (Å²) in [6.07, 6.45) is 1.76. The smallest absolute Gasteiger partial charge is 0.213 e. The molecule has 1 aromatic carbocycles. The van der Waals surface area contributed by atoms with Crippen molar-refractivity contribution in [3.05, 3.63) is 76.7 Å². The Morgan fingerprint density at radius 2 is 1.83 bits per heavy atom. The van der Waals surface area contributed by atoms with Gasteiger partial charge in [0, 0.05) is 50.7 Å². The Kier molecular flexibility index (Phi) is 6.84. The Bertz CT molecular complexity index is 965. The minimum Gasteiger partial charge on any atom is -0.473 e. The molecule has 0 fully saturated rings. The zero-order valence-corrected chi connectivity index (χ0v) is 17.4. The Morgan fingerprint density at radius 3 is 2.52 bits per heavy atom. The number of aromatic nitrogens is 3. The molecule has 0 radical (unpaired) electrons. The number of hydrogen-bond donors (Lipinski definition) is 2. The van der Waals surface area contributed by atoms with Gasteiger partial charge in [0.15, 0.2) is 5.96 Å². The molecule has 0 saturated carbocycles. The first-order valence-electron chi connectivity index (χ1n) is 9.62. The Balaban J connectivity index is 1.53. The van der Waals surface area contributed by atoms with Crippen molar-refractivity contribution in [2.24, 2.45) is 12.0 Å². The molecule has 0 atom stereocenters. The second-order valence-electron chi connectivity index (χ2n) is 6.83. The van der Waals surface area contributed by atoms with Gasteiger partial charge in [0.05, 0.1) is 5.69 Å². The van der Waals surface area contributed by atoms with Crippen molar-refractivity contribution in [3.63, 3.8) is 0 Å². The van der Waals surface area contributed by atoms with E-state index in [-0.39, 0.29) is 0 Å². The Morgan fingerprint density at radius 1 is 1.07 bits per heavy atom. The van der Waals surface area contributed by atoms with E-state index in [2.05, 4.69) is 32.6 Å². The number of pyridine rings is 1. The van der Waals surface area contributed by atoms with Crippen LogP contribution in [0.3, 0.4) is 0 Å². The second-order valence-corrected chi connectivity index (χ2v) is 6.83. The van der Waals surface area contributed by atoms with Crippen LogP contribution in [-0.4, -0.2) is 27.8 Å². The highest BCUT2D eigenvalue weighted by atomic mass is 16.5. The van der Waals surface area contributed by atoms with Crippen molar-refractivity contribution in [1.29, 1.82) is 0 Å². The predicted molar refractivity (Wildman–Crippen MR) is 115 cm³/mol. The van der Waals surface area contributed by atoms with Crippen LogP contribution in [0.25, 0.3) is 0 Å². The summed E-state index contributed by atoms with van der Waals surface area (Å²) in [4.78, 5) is 8.60. The largest absolute Gasteiger partial charge is 0.473 e. The molecule has 29 heavy (non-hydrogen) atoms. The van der Waals surface area contributed by atoms with Crippen LogP contribution >= 0.6 is 0 Å². The van der Waals surface area contributed by atoms with E-state index >= 15 is 0 Å². The van der Waals surface area contributed by atoms with Gasteiger partial charge >= 0.3 is 0 Å². The van der Waals surface area contributed by atoms with Crippen LogP contribution in [0.15, 0.2) is 53.7 Å². The first-order chi connectivity index (χ1) is 14.1. The average Bonchev–Trinajstić information content (AvgIpc) is 2.99. The summed E-state index contributed by atoms with van der Waals surface area (Å²) in [5, 5.41) is 11.1. The van der Waals surface area contributed by atoms with E-state index in [4.69, 9.17) is 4.74 Å². The molecule has 2 N–H and O–H groups in total. The molecular weight excluding hydrogens is 364 g/mol. The number of guanidine groups is 1. The van der Waals surface area contributed by atoms with Crippen LogP contribution < -0.4 is 15.4 Å². The number of aliphatic imine (C=N–C) groups is 1. The third kappa shape index (κ3) is 5.57. The lowest BCUT2D eigenvalue weighted by Crippen LogP contribution is -2.36. The van der Waals surface area contributed by atoms with Crippen molar-refractivity contribution in [2.45, 2.75) is 33.5 Å². The minimum absolute atomic E-state index is 0.498. The molecule has 7 heteroatoms. The third-order valence-corrected chi connectivity index (χ3v) is 4.80. The first-order valence-corrected chi connectivity index (χ1v) is 9.62. The molecule has 3 aromatic rings. The minimum atomic E-state index is 0.498. The molecule has 0 amide bonds. The predicted octanol–water partition coefficient (Wildman–Crippen LogP) is 2.88. The van der Waals surface area contributed by atoms with E-state index in [1.165, 1.54) is 5.56 Å². The molecular formula is C22H28N6O. The van der Waals surface area contributed by atoms with Gasteiger partial charge in [-0.05, 0) is 31.0 Å². The molecule has 3 rings (SSSR count). The van der Waals surface area contributed by atoms with E-state index in [1.807, 2.05) is 61.1 Å². The second kappa shape index (κ2) is 9.73. The van der Waals surface area contributed by atoms with Gasteiger partial charge in [-0.1, -0.05) is 30.3 Å². The van der Waals surface area contributed by atoms with Crippen molar-refractivity contribution in [1.82, 2.24) is 25.4 Å². The molecule has 2 aromatic heterocycles. The third-order valence-electron chi connectivity index (χ3n) is 4.80. The van der Waals surface area contributed by atoms with Crippen LogP contribution in [0.1, 0.15) is 28.1 Å². The first kappa shape index (κ1) is 20.4. The summed E-state index contributed by atoms with van der Waals surface area (Å²) in [7, 11) is 3.72. The lowest BCUT2D eigenvalue weighted by molar-refractivity contribution is 0.293. The SMILES string of the molecule is CN=C(NCc1ccnc(OCc2ccccc2)c1)NCc1c(C)nn(C)c1C. The van der Waals surface area contributed by atoms with Crippen LogP contribution in [-0.2, 0) is 26.7 Å². The van der Waals surface area contributed by atoms with Gasteiger partial charge < -0.3 is 15.4 Å². The van der Waals surface area contributed by atoms with Crippen LogP contribution in [0.4, 0.5) is 0 Å². The molecule has 0 unspecified atom stereocenters. The lowest BCUT2D eigenvalue weighted by Gasteiger charge is -2.13. The molecule has 2 heterocycles. The van der Waals surface area contributed by atoms with Gasteiger partial charge in [0.25, 0.3) is 0 Å². The molecule has 0 aliphatic rings. The number of aryl methyl sites for hydroxylation is 2. The highest BCUT2D eigenvalue weighted by molar-refractivity contribution is 5.79. The maximum Gasteiger partial charge on any atom is 0.213 e. The number of nitrogens with one attached hydrogen (secondary N) is 2. The van der Waals surface area contributed by atoms with Crippen LogP contribution in [0.2, 0.25) is 0 Å². The van der Waals surface area contributed by atoms with Crippen LogP contribution in [0.5, 0.6) is 5.88 Å². The van der Waals surface area contributed by atoms with E-state index in [0.29, 0.717) is 25.6 Å². The molecule has 0 saturated heterocycles. The zero-order valence-electron chi connectivity index (χ0n) is 17.4. The van der Waals surface area contributed by atoms with Crippen molar-refractivity contribution < 1.29 is 4.74 Å². The standard InChI is InChI=1S/C22H28N6O/c1-16-20(17(2)28(4)27-16)14-26-22(23-3)25-13-19-10-11-24-21(12-19)29-15-18-8-6-5-7-9-18/h5-12H,13-15H2,1-4H3,(H2,23,25,26).